The van der Waals surface area contributed by atoms with Crippen molar-refractivity contribution in [3.63, 3.8) is 0 Å². The minimum absolute atomic E-state index is 0.0298. The van der Waals surface area contributed by atoms with Gasteiger partial charge in [-0.2, -0.15) is 28.4 Å². The second kappa shape index (κ2) is 13.9. The molecule has 1 amide bonds. The normalized spacial score (nSPS) is 24.4. The van der Waals surface area contributed by atoms with Crippen molar-refractivity contribution < 1.29 is 36.2 Å². The fourth-order valence-corrected chi connectivity index (χ4v) is 6.91. The first-order valence-electron chi connectivity index (χ1n) is 15.3. The van der Waals surface area contributed by atoms with Crippen molar-refractivity contribution in [2.24, 2.45) is 0 Å². The van der Waals surface area contributed by atoms with Crippen LogP contribution in [0.2, 0.25) is 0 Å². The third kappa shape index (κ3) is 7.10. The number of aryl methyl sites for hydroxylation is 1. The van der Waals surface area contributed by atoms with Crippen molar-refractivity contribution in [3.05, 3.63) is 58.6 Å². The molecule has 4 atom stereocenters. The van der Waals surface area contributed by atoms with Gasteiger partial charge < -0.3 is 19.3 Å². The van der Waals surface area contributed by atoms with Crippen LogP contribution in [-0.2, 0) is 28.7 Å². The number of amides is 1. The summed E-state index contributed by atoms with van der Waals surface area (Å²) in [6.07, 6.45) is -2.58. The summed E-state index contributed by atoms with van der Waals surface area (Å²) in [5.41, 5.74) is 0.486. The van der Waals surface area contributed by atoms with E-state index >= 15 is 0 Å². The number of hydrogen-bond acceptors (Lipinski definition) is 8. The van der Waals surface area contributed by atoms with E-state index in [4.69, 9.17) is 9.47 Å². The molecule has 6 rings (SSSR count). The molecule has 248 valence electrons. The summed E-state index contributed by atoms with van der Waals surface area (Å²) >= 11 is 0. The molecule has 2 aromatic rings. The Kier molecular flexibility index (Phi) is 10.1. The summed E-state index contributed by atoms with van der Waals surface area (Å²) in [4.78, 5) is 26.5. The van der Waals surface area contributed by atoms with Gasteiger partial charge in [0.1, 0.15) is 12.0 Å². The van der Waals surface area contributed by atoms with Gasteiger partial charge in [-0.15, -0.1) is 0 Å². The average Bonchev–Trinajstić information content (AvgIpc) is 3.60. The van der Waals surface area contributed by atoms with Gasteiger partial charge in [-0.1, -0.05) is 24.8 Å². The Hall–Kier alpha value is -3.83. The standard InChI is InChI=1S/C25H25F4N5O3.C7H12FN/c1-14-5-4-6-17(21(14)25(27,28)29)20-11-19-18(13-37-20)22(32-24(31-19)36-3)33-9-10-34(23(35)15(2)26)16(12-33)7-8-30;8-6-4-7-2-1-3-9(7)5-6/h4-6,16,20H,2,7,9-13H2,1,3H3;6-7H,1-5H2/t16-,20-;6-,7?/m01/s1. The molecule has 0 saturated carbocycles. The Labute approximate surface area is 264 Å². The molecular weight excluding hydrogens is 611 g/mol. The van der Waals surface area contributed by atoms with Crippen LogP contribution >= 0.6 is 0 Å². The highest BCUT2D eigenvalue weighted by molar-refractivity contribution is 5.91. The van der Waals surface area contributed by atoms with Gasteiger partial charge in [0.15, 0.2) is 5.83 Å². The van der Waals surface area contributed by atoms with Gasteiger partial charge in [0.05, 0.1) is 49.6 Å². The topological polar surface area (TPSA) is 94.8 Å². The maximum Gasteiger partial charge on any atom is 0.417 e. The lowest BCUT2D eigenvalue weighted by Crippen LogP contribution is -2.55. The lowest BCUT2D eigenvalue weighted by atomic mass is 9.92. The van der Waals surface area contributed by atoms with E-state index in [1.807, 2.05) is 11.0 Å². The summed E-state index contributed by atoms with van der Waals surface area (Å²) in [5, 5.41) is 9.26. The number of methoxy groups -OCH3 is 1. The van der Waals surface area contributed by atoms with E-state index in [9.17, 15) is 32.0 Å². The molecule has 0 radical (unpaired) electrons. The molecular formula is C32H37F5N6O3. The zero-order valence-electron chi connectivity index (χ0n) is 25.8. The number of benzene rings is 1. The van der Waals surface area contributed by atoms with E-state index in [0.29, 0.717) is 29.7 Å². The number of ether oxygens (including phenoxy) is 2. The van der Waals surface area contributed by atoms with E-state index in [1.54, 1.807) is 6.07 Å². The van der Waals surface area contributed by atoms with Crippen LogP contribution in [0.15, 0.2) is 30.6 Å². The number of aromatic nitrogens is 2. The number of halogens is 5. The van der Waals surface area contributed by atoms with Crippen molar-refractivity contribution in [1.82, 2.24) is 19.8 Å². The van der Waals surface area contributed by atoms with Crippen molar-refractivity contribution >= 4 is 11.7 Å². The van der Waals surface area contributed by atoms with Crippen molar-refractivity contribution in [2.45, 2.75) is 76.2 Å². The maximum atomic E-state index is 13.8. The van der Waals surface area contributed by atoms with Gasteiger partial charge >= 0.3 is 12.2 Å². The largest absolute Gasteiger partial charge is 0.467 e. The van der Waals surface area contributed by atoms with Crippen LogP contribution in [0, 0.1) is 18.3 Å². The molecule has 46 heavy (non-hydrogen) atoms. The number of carbonyl (C=O) groups is 1. The van der Waals surface area contributed by atoms with Crippen molar-refractivity contribution in [1.29, 1.82) is 5.26 Å². The molecule has 3 saturated heterocycles. The molecule has 1 aromatic heterocycles. The van der Waals surface area contributed by atoms with Crippen LogP contribution in [0.25, 0.3) is 0 Å². The van der Waals surface area contributed by atoms with E-state index in [1.165, 1.54) is 43.9 Å². The fraction of sp³-hybridized carbons (Fsp3) is 0.562. The number of carbonyl (C=O) groups excluding carboxylic acids is 1. The summed E-state index contributed by atoms with van der Waals surface area (Å²) in [6, 6.07) is 6.42. The lowest BCUT2D eigenvalue weighted by molar-refractivity contribution is -0.140. The Morgan fingerprint density at radius 2 is 2.00 bits per heavy atom. The molecule has 1 aromatic carbocycles. The Morgan fingerprint density at radius 1 is 1.22 bits per heavy atom. The molecule has 3 fully saturated rings. The summed E-state index contributed by atoms with van der Waals surface area (Å²) in [6.45, 7) is 6.85. The highest BCUT2D eigenvalue weighted by Crippen LogP contribution is 2.42. The fourth-order valence-electron chi connectivity index (χ4n) is 6.91. The van der Waals surface area contributed by atoms with Gasteiger partial charge in [-0.3, -0.25) is 9.69 Å². The smallest absolute Gasteiger partial charge is 0.417 e. The summed E-state index contributed by atoms with van der Waals surface area (Å²) < 4.78 is 78.8. The van der Waals surface area contributed by atoms with Crippen molar-refractivity contribution in [3.8, 4) is 12.1 Å². The van der Waals surface area contributed by atoms with E-state index < -0.39 is 41.8 Å². The predicted octanol–water partition coefficient (Wildman–Crippen LogP) is 5.23. The zero-order valence-corrected chi connectivity index (χ0v) is 25.8. The van der Waals surface area contributed by atoms with E-state index in [-0.39, 0.29) is 56.2 Å². The van der Waals surface area contributed by atoms with Crippen LogP contribution in [0.4, 0.5) is 27.8 Å². The van der Waals surface area contributed by atoms with Gasteiger partial charge in [0, 0.05) is 44.2 Å². The molecule has 0 spiro atoms. The number of rotatable bonds is 5. The molecule has 0 N–H and O–H groups in total. The lowest BCUT2D eigenvalue weighted by Gasteiger charge is -2.42. The highest BCUT2D eigenvalue weighted by atomic mass is 19.4. The molecule has 0 bridgehead atoms. The Bertz CT molecular complexity index is 1490. The van der Waals surface area contributed by atoms with Gasteiger partial charge in [-0.05, 0) is 43.9 Å². The Morgan fingerprint density at radius 3 is 2.67 bits per heavy atom. The first-order valence-corrected chi connectivity index (χ1v) is 15.3. The molecule has 1 unspecified atom stereocenters. The van der Waals surface area contributed by atoms with E-state index in [2.05, 4.69) is 21.4 Å². The quantitative estimate of drug-likeness (QED) is 0.322. The molecule has 5 heterocycles. The van der Waals surface area contributed by atoms with Crippen LogP contribution in [0.5, 0.6) is 6.01 Å². The van der Waals surface area contributed by atoms with E-state index in [0.717, 1.165) is 13.0 Å². The second-order valence-electron chi connectivity index (χ2n) is 12.0. The van der Waals surface area contributed by atoms with Crippen LogP contribution < -0.4 is 9.64 Å². The average molecular weight is 649 g/mol. The molecule has 14 heteroatoms. The van der Waals surface area contributed by atoms with Crippen LogP contribution in [-0.4, -0.2) is 83.8 Å². The maximum absolute atomic E-state index is 13.8. The third-order valence-electron chi connectivity index (χ3n) is 9.04. The molecule has 4 aliphatic heterocycles. The molecule has 0 aliphatic carbocycles. The second-order valence-corrected chi connectivity index (χ2v) is 12.0. The third-order valence-corrected chi connectivity index (χ3v) is 9.04. The van der Waals surface area contributed by atoms with Gasteiger partial charge in [0.25, 0.3) is 5.91 Å². The highest BCUT2D eigenvalue weighted by Gasteiger charge is 2.40. The first kappa shape index (κ1) is 33.5. The SMILES string of the molecule is C=C(F)C(=O)N1CCN(c2nc(OC)nc3c2CO[C@H](c2cccc(C)c2C(F)(F)F)C3)C[C@@H]1CC#N.F[C@@H]1CC2CCCN2C1. The Balaban J connectivity index is 0.000000393. The summed E-state index contributed by atoms with van der Waals surface area (Å²) in [7, 11) is 1.38. The first-order chi connectivity index (χ1) is 21.9. The van der Waals surface area contributed by atoms with Crippen LogP contribution in [0.3, 0.4) is 0 Å². The van der Waals surface area contributed by atoms with Gasteiger partial charge in [0.2, 0.25) is 0 Å². The number of piperazine rings is 1. The number of anilines is 1. The summed E-state index contributed by atoms with van der Waals surface area (Å²) in [5.74, 6) is -1.53. The number of hydrogen-bond donors (Lipinski definition) is 0. The number of nitrogens with zero attached hydrogens (tertiary/aromatic N) is 6. The minimum Gasteiger partial charge on any atom is -0.467 e. The number of nitriles is 1. The van der Waals surface area contributed by atoms with Crippen LogP contribution in [0.1, 0.15) is 59.7 Å². The number of fused-ring (bicyclic) bond motifs is 2. The zero-order chi connectivity index (χ0) is 33.2. The molecule has 4 aliphatic rings. The van der Waals surface area contributed by atoms with Gasteiger partial charge in [-0.25, -0.2) is 8.78 Å². The predicted molar refractivity (Wildman–Crippen MR) is 158 cm³/mol. The minimum atomic E-state index is -4.55. The van der Waals surface area contributed by atoms with Crippen molar-refractivity contribution in [2.75, 3.05) is 44.7 Å². The molecule has 9 nitrogen and oxygen atoms in total. The monoisotopic (exact) mass is 648 g/mol. The number of alkyl halides is 4.